The van der Waals surface area contributed by atoms with Crippen LogP contribution in [-0.4, -0.2) is 70.1 Å². The Morgan fingerprint density at radius 1 is 1.27 bits per heavy atom. The summed E-state index contributed by atoms with van der Waals surface area (Å²) in [5, 5.41) is 3.61. The lowest BCUT2D eigenvalue weighted by Crippen LogP contribution is -2.31. The fraction of sp³-hybridized carbons (Fsp3) is 0.706. The number of hydrogen-bond acceptors (Lipinski definition) is 9. The highest BCUT2D eigenvalue weighted by Crippen LogP contribution is 2.43. The molecule has 2 fully saturated rings. The Labute approximate surface area is 171 Å². The van der Waals surface area contributed by atoms with E-state index in [4.69, 9.17) is 29.2 Å². The molecule has 162 valence electrons. The van der Waals surface area contributed by atoms with Crippen LogP contribution < -0.4 is 5.56 Å². The van der Waals surface area contributed by atoms with Crippen molar-refractivity contribution in [3.63, 3.8) is 0 Å². The van der Waals surface area contributed by atoms with Crippen LogP contribution in [0.3, 0.4) is 0 Å². The smallest absolute Gasteiger partial charge is 0.283 e. The third-order valence-corrected chi connectivity index (χ3v) is 4.94. The monoisotopic (exact) mass is 421 g/mol. The summed E-state index contributed by atoms with van der Waals surface area (Å²) in [7, 11) is 1.57. The normalized spacial score (nSPS) is 27.3. The molecule has 2 aromatic rings. The van der Waals surface area contributed by atoms with Gasteiger partial charge in [0.1, 0.15) is 25.3 Å². The molecule has 2 aromatic heterocycles. The van der Waals surface area contributed by atoms with Gasteiger partial charge in [0, 0.05) is 12.0 Å². The maximum absolute atomic E-state index is 12.7. The van der Waals surface area contributed by atoms with Gasteiger partial charge < -0.3 is 23.7 Å². The molecule has 2 aliphatic heterocycles. The number of aromatic nitrogens is 4. The lowest BCUT2D eigenvalue weighted by molar-refractivity contribution is -0.195. The Bertz CT molecular complexity index is 1010. The average molecular weight is 421 g/mol. The summed E-state index contributed by atoms with van der Waals surface area (Å²) in [6.45, 7) is 4.53. The molecule has 2 saturated heterocycles. The minimum atomic E-state index is -0.817. The molecule has 0 radical (unpaired) electrons. The van der Waals surface area contributed by atoms with Gasteiger partial charge in [0.2, 0.25) is 0 Å². The van der Waals surface area contributed by atoms with Crippen LogP contribution in [0.2, 0.25) is 0 Å². The fourth-order valence-corrected chi connectivity index (χ4v) is 3.68. The Morgan fingerprint density at radius 3 is 2.83 bits per heavy atom. The number of imidazole rings is 1. The van der Waals surface area contributed by atoms with E-state index in [-0.39, 0.29) is 24.4 Å². The number of nitrogens with zero attached hydrogens (tertiary/aromatic N) is 7. The van der Waals surface area contributed by atoms with E-state index in [1.807, 2.05) is 0 Å². The first-order chi connectivity index (χ1) is 14.4. The van der Waals surface area contributed by atoms with Gasteiger partial charge in [-0.15, -0.1) is 0 Å². The molecule has 0 bridgehead atoms. The van der Waals surface area contributed by atoms with Crippen molar-refractivity contribution in [1.29, 1.82) is 0 Å². The van der Waals surface area contributed by atoms with E-state index in [9.17, 15) is 4.79 Å². The molecule has 0 unspecified atom stereocenters. The van der Waals surface area contributed by atoms with Crippen molar-refractivity contribution < 1.29 is 23.7 Å². The molecule has 0 aromatic carbocycles. The summed E-state index contributed by atoms with van der Waals surface area (Å²) in [6.07, 6.45) is 0.850. The van der Waals surface area contributed by atoms with E-state index in [1.165, 1.54) is 17.2 Å². The molecule has 4 rings (SSSR count). The number of ether oxygens (including phenoxy) is 5. The predicted molar refractivity (Wildman–Crippen MR) is 101 cm³/mol. The maximum Gasteiger partial charge on any atom is 0.283 e. The summed E-state index contributed by atoms with van der Waals surface area (Å²) in [6, 6.07) is 0. The fourth-order valence-electron chi connectivity index (χ4n) is 3.68. The van der Waals surface area contributed by atoms with E-state index in [0.717, 1.165) is 0 Å². The lowest BCUT2D eigenvalue weighted by atomic mass is 10.1. The van der Waals surface area contributed by atoms with Crippen molar-refractivity contribution >= 4 is 11.2 Å². The van der Waals surface area contributed by atoms with Gasteiger partial charge in [-0.2, -0.15) is 0 Å². The zero-order valence-electron chi connectivity index (χ0n) is 16.9. The predicted octanol–water partition coefficient (Wildman–Crippen LogP) is 0.941. The highest BCUT2D eigenvalue weighted by molar-refractivity contribution is 5.69. The van der Waals surface area contributed by atoms with Crippen LogP contribution in [-0.2, 0) is 30.4 Å². The zero-order chi connectivity index (χ0) is 21.3. The molecule has 0 amide bonds. The van der Waals surface area contributed by atoms with Crippen LogP contribution in [0.15, 0.2) is 22.6 Å². The van der Waals surface area contributed by atoms with Crippen molar-refractivity contribution in [1.82, 2.24) is 19.1 Å². The highest BCUT2D eigenvalue weighted by atomic mass is 16.8. The molecule has 13 nitrogen and oxygen atoms in total. The van der Waals surface area contributed by atoms with Gasteiger partial charge in [0.05, 0.1) is 32.2 Å². The number of methoxy groups -OCH3 is 1. The molecule has 0 aliphatic carbocycles. The summed E-state index contributed by atoms with van der Waals surface area (Å²) in [5.41, 5.74) is 8.87. The molecule has 4 atom stereocenters. The van der Waals surface area contributed by atoms with Gasteiger partial charge >= 0.3 is 0 Å². The Balaban J connectivity index is 1.62. The largest absolute Gasteiger partial charge is 0.382 e. The van der Waals surface area contributed by atoms with Gasteiger partial charge in [0.15, 0.2) is 23.2 Å². The Morgan fingerprint density at radius 2 is 2.07 bits per heavy atom. The van der Waals surface area contributed by atoms with Gasteiger partial charge in [-0.1, -0.05) is 5.11 Å². The van der Waals surface area contributed by atoms with Crippen molar-refractivity contribution in [2.45, 2.75) is 50.9 Å². The standard InChI is InChI=1S/C17H23N7O6/c1-17(2)29-12-10(6-21-22-18)28-16(13(12)30-17)24-8-19-11-14(24)20-7-23(15(11)25)9-27-5-4-26-3/h7-8,10,12-13,16H,4-6,9H2,1-3H3/t10-,12-,13-,16-/m1/s1. The summed E-state index contributed by atoms with van der Waals surface area (Å²) in [4.78, 5) is 24.2. The number of hydrogen-bond donors (Lipinski definition) is 0. The van der Waals surface area contributed by atoms with Crippen molar-refractivity contribution in [3.8, 4) is 0 Å². The number of fused-ring (bicyclic) bond motifs is 2. The maximum atomic E-state index is 12.7. The molecule has 4 heterocycles. The van der Waals surface area contributed by atoms with Crippen LogP contribution in [0.25, 0.3) is 21.6 Å². The highest BCUT2D eigenvalue weighted by Gasteiger charge is 2.55. The summed E-state index contributed by atoms with van der Waals surface area (Å²) < 4.78 is 31.3. The molecule has 0 spiro atoms. The van der Waals surface area contributed by atoms with Crippen LogP contribution in [0.4, 0.5) is 0 Å². The van der Waals surface area contributed by atoms with Crippen LogP contribution in [0.5, 0.6) is 0 Å². The van der Waals surface area contributed by atoms with E-state index < -0.39 is 30.3 Å². The minimum absolute atomic E-state index is 0.0437. The Kier molecular flexibility index (Phi) is 5.73. The second-order valence-corrected chi connectivity index (χ2v) is 7.42. The molecular weight excluding hydrogens is 398 g/mol. The van der Waals surface area contributed by atoms with E-state index >= 15 is 0 Å². The van der Waals surface area contributed by atoms with Crippen molar-refractivity contribution in [2.24, 2.45) is 5.11 Å². The van der Waals surface area contributed by atoms with Gasteiger partial charge in [0.25, 0.3) is 5.56 Å². The molecule has 30 heavy (non-hydrogen) atoms. The first-order valence-electron chi connectivity index (χ1n) is 9.46. The number of rotatable bonds is 8. The van der Waals surface area contributed by atoms with Crippen LogP contribution in [0, 0.1) is 0 Å². The zero-order valence-corrected chi connectivity index (χ0v) is 16.9. The minimum Gasteiger partial charge on any atom is -0.382 e. The third kappa shape index (κ3) is 3.78. The molecule has 0 N–H and O–H groups in total. The van der Waals surface area contributed by atoms with Crippen LogP contribution in [0.1, 0.15) is 20.1 Å². The second-order valence-electron chi connectivity index (χ2n) is 7.42. The molecular formula is C17H23N7O6. The average Bonchev–Trinajstić information content (AvgIpc) is 3.36. The van der Waals surface area contributed by atoms with E-state index in [2.05, 4.69) is 20.0 Å². The molecule has 13 heteroatoms. The molecule has 0 saturated carbocycles. The van der Waals surface area contributed by atoms with Crippen molar-refractivity contribution in [3.05, 3.63) is 33.5 Å². The third-order valence-electron chi connectivity index (χ3n) is 4.94. The topological polar surface area (TPSA) is 148 Å². The summed E-state index contributed by atoms with van der Waals surface area (Å²) in [5.74, 6) is -0.817. The van der Waals surface area contributed by atoms with E-state index in [1.54, 1.807) is 25.5 Å². The first kappa shape index (κ1) is 20.7. The van der Waals surface area contributed by atoms with Gasteiger partial charge in [-0.05, 0) is 19.4 Å². The van der Waals surface area contributed by atoms with Crippen LogP contribution >= 0.6 is 0 Å². The van der Waals surface area contributed by atoms with Gasteiger partial charge in [-0.25, -0.2) is 9.97 Å². The van der Waals surface area contributed by atoms with Crippen molar-refractivity contribution in [2.75, 3.05) is 26.9 Å². The second kappa shape index (κ2) is 8.30. The number of azide groups is 1. The van der Waals surface area contributed by atoms with E-state index in [0.29, 0.717) is 18.9 Å². The quantitative estimate of drug-likeness (QED) is 0.265. The lowest BCUT2D eigenvalue weighted by Gasteiger charge is -2.24. The summed E-state index contributed by atoms with van der Waals surface area (Å²) >= 11 is 0. The van der Waals surface area contributed by atoms with Gasteiger partial charge in [-0.3, -0.25) is 13.9 Å². The Hall–Kier alpha value is -2.54. The first-order valence-corrected chi connectivity index (χ1v) is 9.46. The SMILES string of the molecule is COCCOCn1cnc2c(ncn2[C@@H]2O[C@H](CN=[N+]=[N-])[C@H]3OC(C)(C)O[C@H]32)c1=O. The molecule has 2 aliphatic rings.